The molecule has 0 bridgehead atoms. The van der Waals surface area contributed by atoms with Gasteiger partial charge >= 0.3 is 0 Å². The molecule has 30 heavy (non-hydrogen) atoms. The van der Waals surface area contributed by atoms with Crippen molar-refractivity contribution >= 4 is 28.5 Å². The van der Waals surface area contributed by atoms with Crippen LogP contribution < -0.4 is 5.32 Å². The number of nitrogens with one attached hydrogen (secondary N) is 1. The highest BCUT2D eigenvalue weighted by Gasteiger charge is 2.19. The molecule has 158 valence electrons. The van der Waals surface area contributed by atoms with Crippen molar-refractivity contribution in [2.24, 2.45) is 0 Å². The topological polar surface area (TPSA) is 80.1 Å². The molecular weight excluding hydrogens is 378 g/mol. The Morgan fingerprint density at radius 1 is 1.10 bits per heavy atom. The maximum Gasteiger partial charge on any atom is 0.256 e. The number of amides is 2. The fourth-order valence-electron chi connectivity index (χ4n) is 3.14. The lowest BCUT2D eigenvalue weighted by Crippen LogP contribution is -2.23. The summed E-state index contributed by atoms with van der Waals surface area (Å²) in [5.74, 6) is 0.0176. The van der Waals surface area contributed by atoms with E-state index in [1.165, 1.54) is 0 Å². The Labute approximate surface area is 177 Å². The number of benzene rings is 1. The summed E-state index contributed by atoms with van der Waals surface area (Å²) in [4.78, 5) is 31.3. The van der Waals surface area contributed by atoms with Gasteiger partial charge in [0.05, 0.1) is 23.6 Å². The van der Waals surface area contributed by atoms with Gasteiger partial charge in [-0.3, -0.25) is 9.59 Å². The summed E-state index contributed by atoms with van der Waals surface area (Å²) in [5.41, 5.74) is 3.71. The van der Waals surface area contributed by atoms with Gasteiger partial charge in [-0.1, -0.05) is 26.0 Å². The number of hydrogen-bond donors (Lipinski definition) is 1. The molecule has 0 saturated carbocycles. The summed E-state index contributed by atoms with van der Waals surface area (Å²) >= 11 is 0. The number of fused-ring (bicyclic) bond motifs is 1. The molecule has 0 radical (unpaired) electrons. The quantitative estimate of drug-likeness (QED) is 0.669. The lowest BCUT2D eigenvalue weighted by atomic mass is 10.0. The number of likely N-dealkylation sites (N-methyl/N-ethyl adjacent to an activating group) is 1. The highest BCUT2D eigenvalue weighted by molar-refractivity contribution is 6.12. The molecular formula is C23H29N5O2. The Hall–Kier alpha value is -3.22. The van der Waals surface area contributed by atoms with E-state index in [0.717, 1.165) is 22.3 Å². The molecule has 1 aromatic carbocycles. The second-order valence-electron chi connectivity index (χ2n) is 8.29. The molecule has 0 unspecified atom stereocenters. The molecule has 0 atom stereocenters. The minimum absolute atomic E-state index is 0.0364. The molecule has 0 fully saturated rings. The zero-order valence-electron chi connectivity index (χ0n) is 18.4. The van der Waals surface area contributed by atoms with Crippen molar-refractivity contribution in [2.45, 2.75) is 46.1 Å². The molecule has 7 heteroatoms. The number of hydrogen-bond acceptors (Lipinski definition) is 4. The SMILES string of the molecule is CC(C)c1cc(C(=O)Nc2ccc(CC(=O)N(C)C)cc2)c2cnn(C(C)C)c2n1. The molecule has 0 aliphatic rings. The minimum Gasteiger partial charge on any atom is -0.349 e. The Balaban J connectivity index is 1.89. The van der Waals surface area contributed by atoms with Gasteiger partial charge in [0, 0.05) is 31.5 Å². The van der Waals surface area contributed by atoms with Crippen LogP contribution in [0.1, 0.15) is 61.3 Å². The molecule has 1 N–H and O–H groups in total. The van der Waals surface area contributed by atoms with Crippen LogP contribution in [0, 0.1) is 0 Å². The highest BCUT2D eigenvalue weighted by Crippen LogP contribution is 2.25. The zero-order chi connectivity index (χ0) is 22.0. The van der Waals surface area contributed by atoms with Gasteiger partial charge in [0.15, 0.2) is 5.65 Å². The molecule has 2 aromatic heterocycles. The first-order valence-electron chi connectivity index (χ1n) is 10.2. The van der Waals surface area contributed by atoms with Crippen LogP contribution in [0.5, 0.6) is 0 Å². The van der Waals surface area contributed by atoms with Gasteiger partial charge in [-0.15, -0.1) is 0 Å². The van der Waals surface area contributed by atoms with Crippen molar-refractivity contribution in [3.63, 3.8) is 0 Å². The van der Waals surface area contributed by atoms with Gasteiger partial charge in [0.25, 0.3) is 5.91 Å². The van der Waals surface area contributed by atoms with Crippen molar-refractivity contribution in [1.82, 2.24) is 19.7 Å². The van der Waals surface area contributed by atoms with E-state index in [4.69, 9.17) is 4.98 Å². The van der Waals surface area contributed by atoms with Crippen LogP contribution in [0.15, 0.2) is 36.5 Å². The maximum atomic E-state index is 13.1. The van der Waals surface area contributed by atoms with Gasteiger partial charge in [0.2, 0.25) is 5.91 Å². The molecule has 7 nitrogen and oxygen atoms in total. The first kappa shape index (κ1) is 21.5. The van der Waals surface area contributed by atoms with E-state index in [-0.39, 0.29) is 23.8 Å². The largest absolute Gasteiger partial charge is 0.349 e. The maximum absolute atomic E-state index is 13.1. The summed E-state index contributed by atoms with van der Waals surface area (Å²) < 4.78 is 1.84. The van der Waals surface area contributed by atoms with Crippen LogP contribution in [0.25, 0.3) is 11.0 Å². The predicted octanol–water partition coefficient (Wildman–Crippen LogP) is 4.02. The normalized spacial score (nSPS) is 11.3. The molecule has 2 heterocycles. The number of carbonyl (C=O) groups is 2. The third-order valence-corrected chi connectivity index (χ3v) is 4.98. The van der Waals surface area contributed by atoms with E-state index in [2.05, 4.69) is 24.3 Å². The van der Waals surface area contributed by atoms with Crippen LogP contribution in [0.4, 0.5) is 5.69 Å². The molecule has 0 spiro atoms. The van der Waals surface area contributed by atoms with E-state index < -0.39 is 0 Å². The van der Waals surface area contributed by atoms with E-state index in [1.54, 1.807) is 25.2 Å². The summed E-state index contributed by atoms with van der Waals surface area (Å²) in [6.07, 6.45) is 2.04. The number of nitrogens with zero attached hydrogens (tertiary/aromatic N) is 4. The summed E-state index contributed by atoms with van der Waals surface area (Å²) in [6.45, 7) is 8.19. The molecule has 3 aromatic rings. The van der Waals surface area contributed by atoms with E-state index in [9.17, 15) is 9.59 Å². The average molecular weight is 408 g/mol. The zero-order valence-corrected chi connectivity index (χ0v) is 18.4. The van der Waals surface area contributed by atoms with Crippen molar-refractivity contribution in [3.05, 3.63) is 53.3 Å². The van der Waals surface area contributed by atoms with Crippen molar-refractivity contribution in [2.75, 3.05) is 19.4 Å². The highest BCUT2D eigenvalue weighted by atomic mass is 16.2. The van der Waals surface area contributed by atoms with Crippen molar-refractivity contribution in [1.29, 1.82) is 0 Å². The molecule has 0 saturated heterocycles. The summed E-state index contributed by atoms with van der Waals surface area (Å²) in [7, 11) is 3.47. The monoisotopic (exact) mass is 407 g/mol. The first-order chi connectivity index (χ1) is 14.2. The molecule has 0 aliphatic heterocycles. The number of carbonyl (C=O) groups excluding carboxylic acids is 2. The van der Waals surface area contributed by atoms with Gasteiger partial charge in [-0.25, -0.2) is 9.67 Å². The van der Waals surface area contributed by atoms with Gasteiger partial charge in [-0.2, -0.15) is 5.10 Å². The van der Waals surface area contributed by atoms with Crippen LogP contribution in [-0.2, 0) is 11.2 Å². The van der Waals surface area contributed by atoms with E-state index >= 15 is 0 Å². The molecule has 0 aliphatic carbocycles. The second-order valence-corrected chi connectivity index (χ2v) is 8.29. The number of aromatic nitrogens is 3. The lowest BCUT2D eigenvalue weighted by Gasteiger charge is -2.13. The van der Waals surface area contributed by atoms with Crippen molar-refractivity contribution < 1.29 is 9.59 Å². The molecule has 2 amide bonds. The third-order valence-electron chi connectivity index (χ3n) is 4.98. The smallest absolute Gasteiger partial charge is 0.256 e. The lowest BCUT2D eigenvalue weighted by molar-refractivity contribution is -0.127. The van der Waals surface area contributed by atoms with Crippen LogP contribution in [0.3, 0.4) is 0 Å². The number of anilines is 1. The summed E-state index contributed by atoms with van der Waals surface area (Å²) in [6, 6.07) is 9.33. The minimum atomic E-state index is -0.204. The standard InChI is InChI=1S/C23H29N5O2/c1-14(2)20-12-18(19-13-24-28(15(3)4)22(19)26-20)23(30)25-17-9-7-16(8-10-17)11-21(29)27(5)6/h7-10,12-15H,11H2,1-6H3,(H,25,30). The molecule has 3 rings (SSSR count). The van der Waals surface area contributed by atoms with Gasteiger partial charge in [0.1, 0.15) is 0 Å². The van der Waals surface area contributed by atoms with Gasteiger partial charge < -0.3 is 10.2 Å². The number of rotatable bonds is 6. The van der Waals surface area contributed by atoms with E-state index in [0.29, 0.717) is 17.7 Å². The van der Waals surface area contributed by atoms with Crippen LogP contribution >= 0.6 is 0 Å². The predicted molar refractivity (Wildman–Crippen MR) is 119 cm³/mol. The Bertz CT molecular complexity index is 1070. The second kappa shape index (κ2) is 8.65. The Morgan fingerprint density at radius 2 is 1.77 bits per heavy atom. The Morgan fingerprint density at radius 3 is 2.33 bits per heavy atom. The third kappa shape index (κ3) is 4.50. The van der Waals surface area contributed by atoms with Crippen molar-refractivity contribution in [3.8, 4) is 0 Å². The average Bonchev–Trinajstić information content (AvgIpc) is 3.12. The fourth-order valence-corrected chi connectivity index (χ4v) is 3.14. The van der Waals surface area contributed by atoms with Crippen LogP contribution in [-0.4, -0.2) is 45.6 Å². The Kier molecular flexibility index (Phi) is 6.20. The van der Waals surface area contributed by atoms with Gasteiger partial charge in [-0.05, 0) is 43.5 Å². The first-order valence-corrected chi connectivity index (χ1v) is 10.2. The summed E-state index contributed by atoms with van der Waals surface area (Å²) in [5, 5.41) is 8.13. The van der Waals surface area contributed by atoms with Crippen LogP contribution in [0.2, 0.25) is 0 Å². The fraction of sp³-hybridized carbons (Fsp3) is 0.391. The number of pyridine rings is 1. The van der Waals surface area contributed by atoms with E-state index in [1.807, 2.05) is 48.9 Å².